The molecule has 3 rings (SSSR count). The lowest BCUT2D eigenvalue weighted by molar-refractivity contribution is 0.168. The van der Waals surface area contributed by atoms with E-state index in [0.717, 1.165) is 38.2 Å². The number of fused-ring (bicyclic) bond motifs is 1. The lowest BCUT2D eigenvalue weighted by atomic mass is 10.1. The van der Waals surface area contributed by atoms with Gasteiger partial charge in [-0.05, 0) is 58.5 Å². The normalized spacial score (nSPS) is 11.8. The first-order valence-electron chi connectivity index (χ1n) is 13.3. The van der Waals surface area contributed by atoms with Crippen LogP contribution in [0.1, 0.15) is 40.5 Å². The molecule has 1 aromatic carbocycles. The predicted molar refractivity (Wildman–Crippen MR) is 153 cm³/mol. The molecule has 0 aliphatic heterocycles. The van der Waals surface area contributed by atoms with E-state index in [1.165, 1.54) is 0 Å². The smallest absolute Gasteiger partial charge is 0.412 e. The van der Waals surface area contributed by atoms with Gasteiger partial charge in [-0.1, -0.05) is 13.8 Å². The van der Waals surface area contributed by atoms with Gasteiger partial charge in [0.15, 0.2) is 17.1 Å². The number of hydrogen-bond donors (Lipinski definition) is 2. The van der Waals surface area contributed by atoms with Crippen molar-refractivity contribution in [1.82, 2.24) is 19.9 Å². The van der Waals surface area contributed by atoms with Gasteiger partial charge < -0.3 is 29.2 Å². The summed E-state index contributed by atoms with van der Waals surface area (Å²) in [5.74, 6) is 1.80. The number of amides is 1. The molecule has 0 bridgehead atoms. The van der Waals surface area contributed by atoms with Crippen LogP contribution in [-0.2, 0) is 4.74 Å². The first-order valence-corrected chi connectivity index (χ1v) is 13.3. The molecular formula is C28H40N6O5. The minimum Gasteiger partial charge on any atom is -0.493 e. The van der Waals surface area contributed by atoms with Crippen LogP contribution in [0, 0.1) is 0 Å². The topological polar surface area (TPSA) is 120 Å². The van der Waals surface area contributed by atoms with Crippen LogP contribution in [0.25, 0.3) is 22.4 Å². The van der Waals surface area contributed by atoms with E-state index in [9.17, 15) is 4.79 Å². The van der Waals surface area contributed by atoms with Crippen molar-refractivity contribution < 1.29 is 23.7 Å². The number of hydrogen-bond acceptors (Lipinski definition) is 10. The summed E-state index contributed by atoms with van der Waals surface area (Å²) in [5, 5.41) is 6.23. The largest absolute Gasteiger partial charge is 0.493 e. The monoisotopic (exact) mass is 540 g/mol. The number of rotatable bonds is 14. The van der Waals surface area contributed by atoms with Gasteiger partial charge in [-0.2, -0.15) is 0 Å². The van der Waals surface area contributed by atoms with Crippen molar-refractivity contribution in [2.45, 2.75) is 46.6 Å². The third kappa shape index (κ3) is 7.60. The molecule has 0 fully saturated rings. The van der Waals surface area contributed by atoms with Crippen LogP contribution < -0.4 is 24.8 Å². The Bertz CT molecular complexity index is 1230. The Morgan fingerprint density at radius 2 is 1.69 bits per heavy atom. The molecule has 11 nitrogen and oxygen atoms in total. The molecule has 3 aromatic rings. The van der Waals surface area contributed by atoms with Crippen LogP contribution in [0.3, 0.4) is 0 Å². The maximum absolute atomic E-state index is 12.2. The van der Waals surface area contributed by atoms with Crippen molar-refractivity contribution in [2.75, 3.05) is 58.2 Å². The van der Waals surface area contributed by atoms with Crippen molar-refractivity contribution in [3.05, 3.63) is 24.4 Å². The number of ether oxygens (including phenoxy) is 4. The summed E-state index contributed by atoms with van der Waals surface area (Å²) in [5.41, 5.74) is 2.96. The molecule has 212 valence electrons. The first kappa shape index (κ1) is 29.7. The average Bonchev–Trinajstić information content (AvgIpc) is 2.94. The van der Waals surface area contributed by atoms with Crippen LogP contribution in [-0.4, -0.2) is 79.6 Å². The van der Waals surface area contributed by atoms with Crippen molar-refractivity contribution in [3.8, 4) is 28.5 Å². The zero-order chi connectivity index (χ0) is 28.4. The number of anilines is 2. The molecule has 0 spiro atoms. The quantitative estimate of drug-likeness (QED) is 0.282. The van der Waals surface area contributed by atoms with Gasteiger partial charge in [0.05, 0.1) is 45.5 Å². The van der Waals surface area contributed by atoms with E-state index in [0.29, 0.717) is 45.5 Å². The minimum atomic E-state index is -0.587. The van der Waals surface area contributed by atoms with E-state index in [1.807, 2.05) is 0 Å². The SMILES string of the molecule is CCOC(=O)Nc1cc(NC(C)CCCN(CC)CC)c2ncc(-c3cc(OC)c(OC)c(OC)c3)nc2n1. The number of nitrogens with zero attached hydrogens (tertiary/aromatic N) is 4. The third-order valence-corrected chi connectivity index (χ3v) is 6.39. The standard InChI is InChI=1S/C28H40N6O5/c1-8-34(9-2)13-11-12-18(4)30-20-16-24(33-28(35)39-10-3)32-27-25(20)29-17-21(31-27)19-14-22(36-5)26(38-7)23(15-19)37-6/h14-18H,8-13H2,1-7H3,(H2,30,31,32,33,35). The van der Waals surface area contributed by atoms with E-state index < -0.39 is 6.09 Å². The van der Waals surface area contributed by atoms with Gasteiger partial charge in [-0.3, -0.25) is 5.32 Å². The summed E-state index contributed by atoms with van der Waals surface area (Å²) < 4.78 is 21.5. The summed E-state index contributed by atoms with van der Waals surface area (Å²) in [7, 11) is 4.67. The third-order valence-electron chi connectivity index (χ3n) is 6.39. The van der Waals surface area contributed by atoms with Crippen molar-refractivity contribution in [2.24, 2.45) is 0 Å². The molecule has 39 heavy (non-hydrogen) atoms. The number of aromatic nitrogens is 3. The Morgan fingerprint density at radius 3 is 2.28 bits per heavy atom. The van der Waals surface area contributed by atoms with Gasteiger partial charge in [0.2, 0.25) is 5.75 Å². The van der Waals surface area contributed by atoms with Gasteiger partial charge in [0.25, 0.3) is 0 Å². The van der Waals surface area contributed by atoms with Crippen molar-refractivity contribution in [3.63, 3.8) is 0 Å². The molecule has 0 saturated heterocycles. The number of carbonyl (C=O) groups excluding carboxylic acids is 1. The van der Waals surface area contributed by atoms with Crippen LogP contribution in [0.2, 0.25) is 0 Å². The molecular weight excluding hydrogens is 500 g/mol. The highest BCUT2D eigenvalue weighted by molar-refractivity contribution is 5.92. The molecule has 0 saturated carbocycles. The van der Waals surface area contributed by atoms with Gasteiger partial charge in [-0.25, -0.2) is 19.7 Å². The molecule has 11 heteroatoms. The maximum Gasteiger partial charge on any atom is 0.412 e. The first-order chi connectivity index (χ1) is 18.9. The number of carbonyl (C=O) groups is 1. The zero-order valence-electron chi connectivity index (χ0n) is 24.0. The van der Waals surface area contributed by atoms with Gasteiger partial charge in [0, 0.05) is 17.7 Å². The van der Waals surface area contributed by atoms with Crippen LogP contribution in [0.15, 0.2) is 24.4 Å². The summed E-state index contributed by atoms with van der Waals surface area (Å²) in [6, 6.07) is 5.52. The summed E-state index contributed by atoms with van der Waals surface area (Å²) in [6.45, 7) is 11.6. The summed E-state index contributed by atoms with van der Waals surface area (Å²) in [4.78, 5) is 28.6. The Morgan fingerprint density at radius 1 is 1.00 bits per heavy atom. The van der Waals surface area contributed by atoms with E-state index in [1.54, 1.807) is 52.6 Å². The van der Waals surface area contributed by atoms with Crippen LogP contribution >= 0.6 is 0 Å². The molecule has 1 amide bonds. The average molecular weight is 541 g/mol. The Labute approximate surface area is 230 Å². The number of nitrogens with one attached hydrogen (secondary N) is 2. The van der Waals surface area contributed by atoms with E-state index >= 15 is 0 Å². The van der Waals surface area contributed by atoms with Gasteiger partial charge >= 0.3 is 6.09 Å². The van der Waals surface area contributed by atoms with E-state index in [4.69, 9.17) is 28.9 Å². The molecule has 2 aromatic heterocycles. The summed E-state index contributed by atoms with van der Waals surface area (Å²) >= 11 is 0. The Hall–Kier alpha value is -3.86. The van der Waals surface area contributed by atoms with Crippen molar-refractivity contribution in [1.29, 1.82) is 0 Å². The predicted octanol–water partition coefficient (Wildman–Crippen LogP) is 5.21. The zero-order valence-corrected chi connectivity index (χ0v) is 24.0. The lowest BCUT2D eigenvalue weighted by Crippen LogP contribution is -2.25. The van der Waals surface area contributed by atoms with Crippen molar-refractivity contribution >= 4 is 28.8 Å². The van der Waals surface area contributed by atoms with Crippen LogP contribution in [0.4, 0.5) is 16.3 Å². The number of benzene rings is 1. The van der Waals surface area contributed by atoms with Gasteiger partial charge in [-0.15, -0.1) is 0 Å². The second-order valence-electron chi connectivity index (χ2n) is 8.96. The molecule has 0 radical (unpaired) electrons. The van der Waals surface area contributed by atoms with E-state index in [-0.39, 0.29) is 12.6 Å². The maximum atomic E-state index is 12.2. The second kappa shape index (κ2) is 14.3. The highest BCUT2D eigenvalue weighted by Gasteiger charge is 2.18. The lowest BCUT2D eigenvalue weighted by Gasteiger charge is -2.21. The molecule has 0 aliphatic rings. The molecule has 0 aliphatic carbocycles. The minimum absolute atomic E-state index is 0.165. The highest BCUT2D eigenvalue weighted by Crippen LogP contribution is 2.41. The molecule has 2 heterocycles. The number of methoxy groups -OCH3 is 3. The number of pyridine rings is 1. The molecule has 1 atom stereocenters. The van der Waals surface area contributed by atoms with Gasteiger partial charge in [0.1, 0.15) is 11.3 Å². The highest BCUT2D eigenvalue weighted by atomic mass is 16.5. The Kier molecular flexibility index (Phi) is 10.9. The molecule has 1 unspecified atom stereocenters. The summed E-state index contributed by atoms with van der Waals surface area (Å²) in [6.07, 6.45) is 3.12. The van der Waals surface area contributed by atoms with Crippen LogP contribution in [0.5, 0.6) is 17.2 Å². The fourth-order valence-corrected chi connectivity index (χ4v) is 4.31. The molecule has 2 N–H and O–H groups in total. The fourth-order valence-electron chi connectivity index (χ4n) is 4.31. The Balaban J connectivity index is 1.98. The fraction of sp³-hybridized carbons (Fsp3) is 0.500. The van der Waals surface area contributed by atoms with E-state index in [2.05, 4.69) is 41.3 Å². The second-order valence-corrected chi connectivity index (χ2v) is 8.96.